The van der Waals surface area contributed by atoms with Gasteiger partial charge in [-0.3, -0.25) is 4.79 Å². The van der Waals surface area contributed by atoms with Crippen molar-refractivity contribution in [1.29, 1.82) is 0 Å². The van der Waals surface area contributed by atoms with Gasteiger partial charge in [-0.05, 0) is 67.8 Å². The van der Waals surface area contributed by atoms with Crippen molar-refractivity contribution in [1.82, 2.24) is 15.3 Å². The number of hydrogen-bond donors (Lipinski definition) is 5. The smallest absolute Gasteiger partial charge is 0.323 e. The van der Waals surface area contributed by atoms with Crippen molar-refractivity contribution < 1.29 is 9.59 Å². The summed E-state index contributed by atoms with van der Waals surface area (Å²) in [7, 11) is 0. The number of aromatic amines is 1. The second-order valence-corrected chi connectivity index (χ2v) is 8.00. The lowest BCUT2D eigenvalue weighted by Crippen LogP contribution is -2.26. The minimum Gasteiger partial charge on any atom is -0.345 e. The molecule has 2 aliphatic rings. The molecule has 5 N–H and O–H groups in total. The Morgan fingerprint density at radius 2 is 1.76 bits per heavy atom. The third-order valence-electron chi connectivity index (χ3n) is 5.86. The summed E-state index contributed by atoms with van der Waals surface area (Å²) in [5, 5.41) is 11.9. The van der Waals surface area contributed by atoms with Crippen LogP contribution in [0.25, 0.3) is 11.6 Å². The van der Waals surface area contributed by atoms with E-state index in [1.807, 2.05) is 18.2 Å². The molecule has 0 aliphatic carbocycles. The van der Waals surface area contributed by atoms with Crippen LogP contribution in [0.4, 0.5) is 21.9 Å². The number of aromatic nitrogens is 2. The summed E-state index contributed by atoms with van der Waals surface area (Å²) in [5.41, 5.74) is 5.37. The molecule has 1 saturated heterocycles. The van der Waals surface area contributed by atoms with Crippen LogP contribution in [0.5, 0.6) is 0 Å². The Balaban J connectivity index is 0.00000259. The fraction of sp³-hybridized carbons (Fsp3) is 0.208. The van der Waals surface area contributed by atoms with E-state index in [4.69, 9.17) is 0 Å². The standard InChI is InChI=1S/C24H24N6O2.ClH/c31-23-21(11-19-13-26-14-27-19)20-6-5-18(12-22(20)30-23)29-24(32)28-17-3-1-15(2-4-17)16-7-9-25-10-8-16;/h1-6,11-14,16,25H,7-10H2,(H,26,27)(H,30,31)(H2,28,29,32);1H. The summed E-state index contributed by atoms with van der Waals surface area (Å²) < 4.78 is 0. The lowest BCUT2D eigenvalue weighted by molar-refractivity contribution is -0.110. The van der Waals surface area contributed by atoms with E-state index in [-0.39, 0.29) is 24.3 Å². The highest BCUT2D eigenvalue weighted by Gasteiger charge is 2.24. The first-order chi connectivity index (χ1) is 15.7. The zero-order valence-corrected chi connectivity index (χ0v) is 18.7. The van der Waals surface area contributed by atoms with Gasteiger partial charge in [0.2, 0.25) is 0 Å². The minimum atomic E-state index is -0.336. The van der Waals surface area contributed by atoms with Gasteiger partial charge in [-0.2, -0.15) is 0 Å². The zero-order valence-electron chi connectivity index (χ0n) is 17.9. The molecule has 3 aromatic rings. The van der Waals surface area contributed by atoms with Crippen molar-refractivity contribution in [3.05, 3.63) is 71.8 Å². The predicted molar refractivity (Wildman–Crippen MR) is 133 cm³/mol. The van der Waals surface area contributed by atoms with E-state index in [2.05, 4.69) is 43.4 Å². The van der Waals surface area contributed by atoms with Gasteiger partial charge >= 0.3 is 6.03 Å². The SMILES string of the molecule is Cl.O=C(Nc1ccc(C2CCNCC2)cc1)Nc1ccc2c(c1)NC(=O)C2=Cc1cnc[nH]1. The first-order valence-electron chi connectivity index (χ1n) is 10.7. The quantitative estimate of drug-likeness (QED) is 0.367. The van der Waals surface area contributed by atoms with Gasteiger partial charge in [0.1, 0.15) is 0 Å². The highest BCUT2D eigenvalue weighted by atomic mass is 35.5. The fourth-order valence-corrected chi connectivity index (χ4v) is 4.20. The maximum absolute atomic E-state index is 12.5. The largest absolute Gasteiger partial charge is 0.345 e. The molecule has 0 bridgehead atoms. The molecule has 5 rings (SSSR count). The number of fused-ring (bicyclic) bond motifs is 1. The van der Waals surface area contributed by atoms with Gasteiger partial charge in [-0.1, -0.05) is 18.2 Å². The number of piperidine rings is 1. The molecule has 2 aliphatic heterocycles. The maximum atomic E-state index is 12.5. The number of nitrogens with zero attached hydrogens (tertiary/aromatic N) is 1. The van der Waals surface area contributed by atoms with Crippen LogP contribution in [0, 0.1) is 0 Å². The Kier molecular flexibility index (Phi) is 6.76. The molecule has 0 unspecified atom stereocenters. The lowest BCUT2D eigenvalue weighted by atomic mass is 9.90. The summed E-state index contributed by atoms with van der Waals surface area (Å²) in [6.45, 7) is 2.10. The van der Waals surface area contributed by atoms with Gasteiger partial charge in [0, 0.05) is 16.9 Å². The van der Waals surface area contributed by atoms with Crippen molar-refractivity contribution in [2.24, 2.45) is 0 Å². The van der Waals surface area contributed by atoms with E-state index >= 15 is 0 Å². The number of amides is 3. The minimum absolute atomic E-state index is 0. The molecule has 1 aromatic heterocycles. The van der Waals surface area contributed by atoms with Crippen molar-refractivity contribution in [2.45, 2.75) is 18.8 Å². The van der Waals surface area contributed by atoms with Gasteiger partial charge in [0.25, 0.3) is 5.91 Å². The van der Waals surface area contributed by atoms with Crippen molar-refractivity contribution in [3.63, 3.8) is 0 Å². The number of carbonyl (C=O) groups is 2. The number of imidazole rings is 1. The van der Waals surface area contributed by atoms with Gasteiger partial charge in [-0.25, -0.2) is 9.78 Å². The van der Waals surface area contributed by atoms with Crippen LogP contribution in [0.1, 0.15) is 35.6 Å². The molecule has 8 nitrogen and oxygen atoms in total. The summed E-state index contributed by atoms with van der Waals surface area (Å²) in [6.07, 6.45) is 7.24. The molecule has 0 atom stereocenters. The molecule has 3 amide bonds. The van der Waals surface area contributed by atoms with Crippen molar-refractivity contribution in [3.8, 4) is 0 Å². The van der Waals surface area contributed by atoms with Gasteiger partial charge in [0.15, 0.2) is 0 Å². The number of anilines is 3. The maximum Gasteiger partial charge on any atom is 0.323 e. The monoisotopic (exact) mass is 464 g/mol. The fourth-order valence-electron chi connectivity index (χ4n) is 4.20. The molecule has 0 spiro atoms. The predicted octanol–water partition coefficient (Wildman–Crippen LogP) is 4.44. The number of urea groups is 1. The first-order valence-corrected chi connectivity index (χ1v) is 10.7. The Labute approximate surface area is 197 Å². The summed E-state index contributed by atoms with van der Waals surface area (Å²) in [4.78, 5) is 31.8. The van der Waals surface area contributed by atoms with Crippen LogP contribution < -0.4 is 21.3 Å². The molecule has 170 valence electrons. The number of carbonyl (C=O) groups excluding carboxylic acids is 2. The Morgan fingerprint density at radius 3 is 2.48 bits per heavy atom. The van der Waals surface area contributed by atoms with Gasteiger partial charge in [0.05, 0.1) is 29.5 Å². The third-order valence-corrected chi connectivity index (χ3v) is 5.86. The molecule has 1 fully saturated rings. The van der Waals surface area contributed by atoms with Gasteiger partial charge < -0.3 is 26.3 Å². The van der Waals surface area contributed by atoms with Crippen LogP contribution in [0.15, 0.2) is 55.0 Å². The van der Waals surface area contributed by atoms with E-state index in [0.717, 1.165) is 42.9 Å². The van der Waals surface area contributed by atoms with E-state index in [0.29, 0.717) is 22.9 Å². The number of nitrogens with one attached hydrogen (secondary N) is 5. The second-order valence-electron chi connectivity index (χ2n) is 8.00. The lowest BCUT2D eigenvalue weighted by Gasteiger charge is -2.23. The molecule has 0 saturated carbocycles. The van der Waals surface area contributed by atoms with E-state index in [1.54, 1.807) is 30.7 Å². The van der Waals surface area contributed by atoms with Crippen LogP contribution in [-0.2, 0) is 4.79 Å². The Morgan fingerprint density at radius 1 is 1.03 bits per heavy atom. The molecule has 3 heterocycles. The van der Waals surface area contributed by atoms with E-state index in [9.17, 15) is 9.59 Å². The summed E-state index contributed by atoms with van der Waals surface area (Å²) >= 11 is 0. The molecular formula is C24H25ClN6O2. The highest BCUT2D eigenvalue weighted by Crippen LogP contribution is 2.35. The van der Waals surface area contributed by atoms with Crippen molar-refractivity contribution >= 4 is 53.1 Å². The average molecular weight is 465 g/mol. The molecule has 0 radical (unpaired) electrons. The summed E-state index contributed by atoms with van der Waals surface area (Å²) in [5.74, 6) is 0.387. The van der Waals surface area contributed by atoms with Crippen molar-refractivity contribution in [2.75, 3.05) is 29.0 Å². The van der Waals surface area contributed by atoms with Crippen LogP contribution >= 0.6 is 12.4 Å². The Bertz CT molecular complexity index is 1170. The van der Waals surface area contributed by atoms with E-state index in [1.165, 1.54) is 5.56 Å². The third kappa shape index (κ3) is 5.08. The molecule has 33 heavy (non-hydrogen) atoms. The van der Waals surface area contributed by atoms with Crippen LogP contribution in [0.3, 0.4) is 0 Å². The number of H-pyrrole nitrogens is 1. The topological polar surface area (TPSA) is 111 Å². The number of benzene rings is 2. The number of hydrogen-bond acceptors (Lipinski definition) is 4. The number of halogens is 1. The van der Waals surface area contributed by atoms with Crippen LogP contribution in [-0.4, -0.2) is 35.0 Å². The molecular weight excluding hydrogens is 440 g/mol. The van der Waals surface area contributed by atoms with Crippen LogP contribution in [0.2, 0.25) is 0 Å². The highest BCUT2D eigenvalue weighted by molar-refractivity contribution is 6.35. The normalized spacial score (nSPS) is 16.6. The zero-order chi connectivity index (χ0) is 21.9. The van der Waals surface area contributed by atoms with E-state index < -0.39 is 0 Å². The summed E-state index contributed by atoms with van der Waals surface area (Å²) in [6, 6.07) is 13.1. The van der Waals surface area contributed by atoms with Gasteiger partial charge in [-0.15, -0.1) is 12.4 Å². The molecule has 2 aromatic carbocycles. The second kappa shape index (κ2) is 9.89. The molecule has 9 heteroatoms. The first kappa shape index (κ1) is 22.6. The average Bonchev–Trinajstić information content (AvgIpc) is 3.43. The Hall–Kier alpha value is -3.62. The number of rotatable bonds is 4.